The van der Waals surface area contributed by atoms with Crippen molar-refractivity contribution in [2.45, 2.75) is 46.2 Å². The molecule has 0 aliphatic rings. The highest BCUT2D eigenvalue weighted by Gasteiger charge is 2.23. The van der Waals surface area contributed by atoms with Gasteiger partial charge in [0.05, 0.1) is 19.3 Å². The van der Waals surface area contributed by atoms with Gasteiger partial charge in [-0.25, -0.2) is 0 Å². The maximum Gasteiger partial charge on any atom is 0.243 e. The first-order chi connectivity index (χ1) is 15.4. The Kier molecular flexibility index (Phi) is 7.76. The lowest BCUT2D eigenvalue weighted by atomic mass is 10.0. The Morgan fingerprint density at radius 3 is 2.44 bits per heavy atom. The molecule has 7 nitrogen and oxygen atoms in total. The highest BCUT2D eigenvalue weighted by Crippen LogP contribution is 2.31. The molecule has 32 heavy (non-hydrogen) atoms. The molecule has 1 aromatic heterocycles. The number of H-pyrrole nitrogens is 1. The van der Waals surface area contributed by atoms with Crippen molar-refractivity contribution in [1.29, 1.82) is 0 Å². The summed E-state index contributed by atoms with van der Waals surface area (Å²) in [7, 11) is 0. The van der Waals surface area contributed by atoms with Crippen LogP contribution in [0.2, 0.25) is 0 Å². The minimum absolute atomic E-state index is 0.246. The third-order valence-electron chi connectivity index (χ3n) is 5.22. The van der Waals surface area contributed by atoms with Crippen molar-refractivity contribution in [1.82, 2.24) is 15.6 Å². The quantitative estimate of drug-likeness (QED) is 0.449. The molecule has 0 fully saturated rings. The topological polar surface area (TPSA) is 92.5 Å². The molecule has 0 saturated heterocycles. The van der Waals surface area contributed by atoms with Crippen LogP contribution in [0.5, 0.6) is 11.5 Å². The first kappa shape index (κ1) is 23.2. The Balaban J connectivity index is 1.77. The van der Waals surface area contributed by atoms with E-state index in [2.05, 4.69) is 15.6 Å². The van der Waals surface area contributed by atoms with E-state index < -0.39 is 6.04 Å². The van der Waals surface area contributed by atoms with Crippen LogP contribution in [-0.4, -0.2) is 36.1 Å². The molecule has 2 unspecified atom stereocenters. The van der Waals surface area contributed by atoms with Gasteiger partial charge in [-0.05, 0) is 50.1 Å². The molecule has 2 amide bonds. The second kappa shape index (κ2) is 10.7. The smallest absolute Gasteiger partial charge is 0.243 e. The van der Waals surface area contributed by atoms with Gasteiger partial charge in [0, 0.05) is 30.4 Å². The van der Waals surface area contributed by atoms with Crippen LogP contribution in [0.3, 0.4) is 0 Å². The van der Waals surface area contributed by atoms with E-state index in [1.54, 1.807) is 0 Å². The Morgan fingerprint density at radius 1 is 1.00 bits per heavy atom. The van der Waals surface area contributed by atoms with Crippen LogP contribution in [0.15, 0.2) is 48.7 Å². The maximum atomic E-state index is 13.1. The van der Waals surface area contributed by atoms with Crippen LogP contribution in [0.1, 0.15) is 44.9 Å². The standard InChI is InChI=1S/C25H31N3O4/c1-5-31-23-12-11-18(14-24(23)32-6-2)16(3)27-25(30)22(28-17(4)29)13-19-15-26-21-10-8-7-9-20(19)21/h7-12,14-16,22,26H,5-6,13H2,1-4H3,(H,27,30)(H,28,29). The van der Waals surface area contributed by atoms with Gasteiger partial charge in [0.15, 0.2) is 11.5 Å². The Labute approximate surface area is 188 Å². The average molecular weight is 438 g/mol. The van der Waals surface area contributed by atoms with Crippen LogP contribution >= 0.6 is 0 Å². The molecule has 3 rings (SSSR count). The number of aromatic amines is 1. The summed E-state index contributed by atoms with van der Waals surface area (Å²) in [5.41, 5.74) is 2.86. The van der Waals surface area contributed by atoms with Crippen LogP contribution in [0.4, 0.5) is 0 Å². The number of amides is 2. The van der Waals surface area contributed by atoms with E-state index >= 15 is 0 Å². The lowest BCUT2D eigenvalue weighted by Gasteiger charge is -2.22. The fourth-order valence-electron chi connectivity index (χ4n) is 3.71. The van der Waals surface area contributed by atoms with Gasteiger partial charge in [-0.3, -0.25) is 9.59 Å². The number of rotatable bonds is 10. The molecule has 3 aromatic rings. The molecule has 7 heteroatoms. The first-order valence-electron chi connectivity index (χ1n) is 10.9. The number of aromatic nitrogens is 1. The summed E-state index contributed by atoms with van der Waals surface area (Å²) >= 11 is 0. The SMILES string of the molecule is CCOc1ccc(C(C)NC(=O)C(Cc2c[nH]c3ccccc23)NC(C)=O)cc1OCC. The molecule has 3 N–H and O–H groups in total. The van der Waals surface area contributed by atoms with Crippen molar-refractivity contribution < 1.29 is 19.1 Å². The third-order valence-corrected chi connectivity index (χ3v) is 5.22. The number of fused-ring (bicyclic) bond motifs is 1. The average Bonchev–Trinajstić information content (AvgIpc) is 3.17. The summed E-state index contributed by atoms with van der Waals surface area (Å²) in [5, 5.41) is 6.85. The minimum atomic E-state index is -0.691. The zero-order chi connectivity index (χ0) is 23.1. The van der Waals surface area contributed by atoms with Crippen LogP contribution < -0.4 is 20.1 Å². The fraction of sp³-hybridized carbons (Fsp3) is 0.360. The van der Waals surface area contributed by atoms with E-state index in [1.165, 1.54) is 6.92 Å². The van der Waals surface area contributed by atoms with Crippen molar-refractivity contribution >= 4 is 22.7 Å². The summed E-state index contributed by atoms with van der Waals surface area (Å²) in [6, 6.07) is 12.6. The number of hydrogen-bond donors (Lipinski definition) is 3. The van der Waals surface area contributed by atoms with Crippen molar-refractivity contribution in [3.05, 3.63) is 59.8 Å². The monoisotopic (exact) mass is 437 g/mol. The van der Waals surface area contributed by atoms with Crippen molar-refractivity contribution in [3.8, 4) is 11.5 Å². The van der Waals surface area contributed by atoms with Crippen LogP contribution in [0, 0.1) is 0 Å². The minimum Gasteiger partial charge on any atom is -0.490 e. The Morgan fingerprint density at radius 2 is 1.72 bits per heavy atom. The number of carbonyl (C=O) groups excluding carboxylic acids is 2. The summed E-state index contributed by atoms with van der Waals surface area (Å²) in [6.45, 7) is 8.20. The molecule has 0 radical (unpaired) electrons. The fourth-order valence-corrected chi connectivity index (χ4v) is 3.71. The van der Waals surface area contributed by atoms with Gasteiger partial charge in [0.1, 0.15) is 6.04 Å². The second-order valence-electron chi connectivity index (χ2n) is 7.62. The van der Waals surface area contributed by atoms with Gasteiger partial charge in [0.25, 0.3) is 0 Å². The molecule has 2 aromatic carbocycles. The highest BCUT2D eigenvalue weighted by molar-refractivity contribution is 5.89. The first-order valence-corrected chi connectivity index (χ1v) is 10.9. The van der Waals surface area contributed by atoms with Gasteiger partial charge in [-0.2, -0.15) is 0 Å². The molecular weight excluding hydrogens is 406 g/mol. The molecule has 1 heterocycles. The van der Waals surface area contributed by atoms with Gasteiger partial charge >= 0.3 is 0 Å². The number of nitrogens with one attached hydrogen (secondary N) is 3. The maximum absolute atomic E-state index is 13.1. The molecular formula is C25H31N3O4. The molecule has 0 aliphatic heterocycles. The predicted octanol–water partition coefficient (Wildman–Crippen LogP) is 3.89. The van der Waals surface area contributed by atoms with Crippen LogP contribution in [0.25, 0.3) is 10.9 Å². The number of carbonyl (C=O) groups is 2. The number of hydrogen-bond acceptors (Lipinski definition) is 4. The normalized spacial score (nSPS) is 12.8. The van der Waals surface area contributed by atoms with E-state index in [9.17, 15) is 9.59 Å². The summed E-state index contributed by atoms with van der Waals surface area (Å²) in [4.78, 5) is 28.1. The van der Waals surface area contributed by atoms with Crippen molar-refractivity contribution in [2.75, 3.05) is 13.2 Å². The van der Waals surface area contributed by atoms with E-state index in [-0.39, 0.29) is 17.9 Å². The summed E-state index contributed by atoms with van der Waals surface area (Å²) in [5.74, 6) is 0.819. The number of benzene rings is 2. The van der Waals surface area contributed by atoms with Gasteiger partial charge in [-0.1, -0.05) is 24.3 Å². The molecule has 0 saturated carbocycles. The molecule has 170 valence electrons. The summed E-state index contributed by atoms with van der Waals surface area (Å²) in [6.07, 6.45) is 2.27. The second-order valence-corrected chi connectivity index (χ2v) is 7.62. The lowest BCUT2D eigenvalue weighted by Crippen LogP contribution is -2.47. The van der Waals surface area contributed by atoms with Crippen molar-refractivity contribution in [2.24, 2.45) is 0 Å². The van der Waals surface area contributed by atoms with E-state index in [4.69, 9.17) is 9.47 Å². The molecule has 2 atom stereocenters. The number of ether oxygens (including phenoxy) is 2. The Bertz CT molecular complexity index is 1080. The summed E-state index contributed by atoms with van der Waals surface area (Å²) < 4.78 is 11.3. The molecule has 0 spiro atoms. The van der Waals surface area contributed by atoms with Gasteiger partial charge in [-0.15, -0.1) is 0 Å². The zero-order valence-electron chi connectivity index (χ0n) is 19.0. The predicted molar refractivity (Wildman–Crippen MR) is 125 cm³/mol. The highest BCUT2D eigenvalue weighted by atomic mass is 16.5. The van der Waals surface area contributed by atoms with Crippen LogP contribution in [-0.2, 0) is 16.0 Å². The Hall–Kier alpha value is -3.48. The number of para-hydroxylation sites is 1. The molecule has 0 bridgehead atoms. The van der Waals surface area contributed by atoms with E-state index in [1.807, 2.05) is 69.4 Å². The largest absolute Gasteiger partial charge is 0.490 e. The molecule has 0 aliphatic carbocycles. The third kappa shape index (κ3) is 5.60. The van der Waals surface area contributed by atoms with E-state index in [0.29, 0.717) is 31.1 Å². The van der Waals surface area contributed by atoms with Gasteiger partial charge < -0.3 is 25.1 Å². The van der Waals surface area contributed by atoms with E-state index in [0.717, 1.165) is 22.0 Å². The van der Waals surface area contributed by atoms with Crippen molar-refractivity contribution in [3.63, 3.8) is 0 Å². The zero-order valence-corrected chi connectivity index (χ0v) is 19.0. The lowest BCUT2D eigenvalue weighted by molar-refractivity contribution is -0.128. The van der Waals surface area contributed by atoms with Gasteiger partial charge in [0.2, 0.25) is 11.8 Å².